The number of hydrogen-bond acceptors (Lipinski definition) is 6. The zero-order valence-corrected chi connectivity index (χ0v) is 12.1. The lowest BCUT2D eigenvalue weighted by molar-refractivity contribution is 0.116. The Balaban J connectivity index is 1.67. The van der Waals surface area contributed by atoms with Crippen molar-refractivity contribution in [3.05, 3.63) is 53.8 Å². The Kier molecular flexibility index (Phi) is 4.22. The van der Waals surface area contributed by atoms with Gasteiger partial charge in [0.25, 0.3) is 5.89 Å². The van der Waals surface area contributed by atoms with Crippen molar-refractivity contribution in [3.63, 3.8) is 0 Å². The van der Waals surface area contributed by atoms with Crippen LogP contribution in [0, 0.1) is 6.92 Å². The van der Waals surface area contributed by atoms with Crippen molar-refractivity contribution in [2.24, 2.45) is 0 Å². The monoisotopic (exact) mass is 318 g/mol. The van der Waals surface area contributed by atoms with Crippen LogP contribution in [0.5, 0.6) is 5.88 Å². The summed E-state index contributed by atoms with van der Waals surface area (Å²) in [5.41, 5.74) is 2.16. The summed E-state index contributed by atoms with van der Waals surface area (Å²) in [6.07, 6.45) is 0.335. The first-order chi connectivity index (χ1) is 11.1. The average molecular weight is 318 g/mol. The topological polar surface area (TPSA) is 73.9 Å². The molecule has 0 radical (unpaired) electrons. The van der Waals surface area contributed by atoms with E-state index in [0.29, 0.717) is 17.1 Å². The summed E-state index contributed by atoms with van der Waals surface area (Å²) >= 11 is 0. The van der Waals surface area contributed by atoms with Gasteiger partial charge in [-0.25, -0.2) is 4.98 Å². The molecule has 0 fully saturated rings. The van der Waals surface area contributed by atoms with Crippen molar-refractivity contribution in [2.45, 2.75) is 20.0 Å². The number of aryl methyl sites for hydroxylation is 1. The van der Waals surface area contributed by atoms with E-state index < -0.39 is 12.3 Å². The molecule has 23 heavy (non-hydrogen) atoms. The highest BCUT2D eigenvalue weighted by Gasteiger charge is 2.17. The number of alkyl halides is 2. The number of ether oxygens (including phenoxy) is 1. The molecule has 3 heterocycles. The van der Waals surface area contributed by atoms with Gasteiger partial charge in [0.1, 0.15) is 6.61 Å². The Hall–Kier alpha value is -2.90. The van der Waals surface area contributed by atoms with E-state index in [1.54, 1.807) is 18.3 Å². The fourth-order valence-electron chi connectivity index (χ4n) is 1.81. The summed E-state index contributed by atoms with van der Waals surface area (Å²) in [7, 11) is 0. The van der Waals surface area contributed by atoms with Gasteiger partial charge in [-0.15, -0.1) is 10.2 Å². The first-order valence-electron chi connectivity index (χ1n) is 6.74. The number of hydrogen-bond donors (Lipinski definition) is 0. The molecule has 0 aliphatic carbocycles. The summed E-state index contributed by atoms with van der Waals surface area (Å²) in [6, 6.07) is 7.03. The minimum Gasteiger partial charge on any atom is -0.471 e. The molecule has 3 aromatic rings. The quantitative estimate of drug-likeness (QED) is 0.718. The van der Waals surface area contributed by atoms with Gasteiger partial charge in [-0.05, 0) is 30.7 Å². The van der Waals surface area contributed by atoms with E-state index in [2.05, 4.69) is 20.2 Å². The van der Waals surface area contributed by atoms with Crippen molar-refractivity contribution >= 4 is 0 Å². The van der Waals surface area contributed by atoms with Crippen molar-refractivity contribution in [1.82, 2.24) is 20.2 Å². The van der Waals surface area contributed by atoms with E-state index in [4.69, 9.17) is 9.15 Å². The van der Waals surface area contributed by atoms with Gasteiger partial charge in [0.15, 0.2) is 0 Å². The minimum atomic E-state index is -2.79. The third kappa shape index (κ3) is 3.65. The smallest absolute Gasteiger partial charge is 0.314 e. The van der Waals surface area contributed by atoms with Gasteiger partial charge in [-0.1, -0.05) is 0 Å². The summed E-state index contributed by atoms with van der Waals surface area (Å²) in [5, 5.41) is 6.83. The standard InChI is InChI=1S/C15H12F2N4O2/c1-9-4-5-18-12(6-9)22-8-11-3-2-10(7-19-11)14-20-21-15(23-14)13(16)17/h2-7,13H,8H2,1H3. The van der Waals surface area contributed by atoms with Crippen LogP contribution in [0.25, 0.3) is 11.5 Å². The summed E-state index contributed by atoms with van der Waals surface area (Å²) < 4.78 is 35.2. The highest BCUT2D eigenvalue weighted by molar-refractivity contribution is 5.50. The highest BCUT2D eigenvalue weighted by Crippen LogP contribution is 2.22. The molecule has 0 unspecified atom stereocenters. The normalized spacial score (nSPS) is 11.0. The molecular weight excluding hydrogens is 306 g/mol. The lowest BCUT2D eigenvalue weighted by Crippen LogP contribution is -1.99. The molecule has 0 bridgehead atoms. The average Bonchev–Trinajstić information content (AvgIpc) is 3.04. The van der Waals surface area contributed by atoms with E-state index >= 15 is 0 Å². The summed E-state index contributed by atoms with van der Waals surface area (Å²) in [4.78, 5) is 8.26. The maximum Gasteiger partial charge on any atom is 0.314 e. The second-order valence-corrected chi connectivity index (χ2v) is 4.74. The fraction of sp³-hybridized carbons (Fsp3) is 0.200. The van der Waals surface area contributed by atoms with Crippen molar-refractivity contribution in [2.75, 3.05) is 0 Å². The van der Waals surface area contributed by atoms with Crippen LogP contribution in [-0.2, 0) is 6.61 Å². The summed E-state index contributed by atoms with van der Waals surface area (Å²) in [5.74, 6) is -0.201. The van der Waals surface area contributed by atoms with E-state index in [1.807, 2.05) is 19.1 Å². The number of nitrogens with zero attached hydrogens (tertiary/aromatic N) is 4. The van der Waals surface area contributed by atoms with Crippen LogP contribution < -0.4 is 4.74 Å². The van der Waals surface area contributed by atoms with Gasteiger partial charge in [0.2, 0.25) is 11.8 Å². The van der Waals surface area contributed by atoms with Crippen LogP contribution in [0.15, 0.2) is 41.1 Å². The first-order valence-corrected chi connectivity index (χ1v) is 6.74. The highest BCUT2D eigenvalue weighted by atomic mass is 19.3. The zero-order chi connectivity index (χ0) is 16.2. The molecule has 0 aromatic carbocycles. The Bertz CT molecular complexity index is 790. The molecule has 3 rings (SSSR count). The Morgan fingerprint density at radius 2 is 2.04 bits per heavy atom. The van der Waals surface area contributed by atoms with E-state index in [-0.39, 0.29) is 12.5 Å². The zero-order valence-electron chi connectivity index (χ0n) is 12.1. The lowest BCUT2D eigenvalue weighted by Gasteiger charge is -2.05. The lowest BCUT2D eigenvalue weighted by atomic mass is 10.2. The molecule has 0 saturated heterocycles. The van der Waals surface area contributed by atoms with Crippen LogP contribution in [0.3, 0.4) is 0 Å². The minimum absolute atomic E-state index is 0.000573. The van der Waals surface area contributed by atoms with Gasteiger partial charge in [-0.3, -0.25) is 4.98 Å². The number of halogens is 2. The van der Waals surface area contributed by atoms with Crippen LogP contribution in [0.4, 0.5) is 8.78 Å². The third-order valence-corrected chi connectivity index (χ3v) is 2.96. The predicted octanol–water partition coefficient (Wildman–Crippen LogP) is 3.35. The Morgan fingerprint density at radius 3 is 2.70 bits per heavy atom. The molecule has 3 aromatic heterocycles. The molecular formula is C15H12F2N4O2. The fourth-order valence-corrected chi connectivity index (χ4v) is 1.81. The molecule has 0 aliphatic heterocycles. The van der Waals surface area contributed by atoms with Gasteiger partial charge in [0, 0.05) is 18.5 Å². The molecule has 8 heteroatoms. The molecule has 118 valence electrons. The second kappa shape index (κ2) is 6.47. The van der Waals surface area contributed by atoms with E-state index in [0.717, 1.165) is 5.56 Å². The molecule has 0 atom stereocenters. The molecule has 6 nitrogen and oxygen atoms in total. The summed E-state index contributed by atoms with van der Waals surface area (Å²) in [6.45, 7) is 2.18. The van der Waals surface area contributed by atoms with E-state index in [9.17, 15) is 8.78 Å². The predicted molar refractivity (Wildman–Crippen MR) is 75.8 cm³/mol. The van der Waals surface area contributed by atoms with Crippen molar-refractivity contribution in [1.29, 1.82) is 0 Å². The number of aromatic nitrogens is 4. The molecule has 0 spiro atoms. The van der Waals surface area contributed by atoms with Gasteiger partial charge >= 0.3 is 6.43 Å². The largest absolute Gasteiger partial charge is 0.471 e. The first kappa shape index (κ1) is 15.0. The van der Waals surface area contributed by atoms with Gasteiger partial charge < -0.3 is 9.15 Å². The molecule has 0 aliphatic rings. The Labute approximate surface area is 130 Å². The maximum absolute atomic E-state index is 12.4. The van der Waals surface area contributed by atoms with Crippen LogP contribution in [0.2, 0.25) is 0 Å². The second-order valence-electron chi connectivity index (χ2n) is 4.74. The molecule has 0 N–H and O–H groups in total. The Morgan fingerprint density at radius 1 is 1.17 bits per heavy atom. The third-order valence-electron chi connectivity index (χ3n) is 2.96. The van der Waals surface area contributed by atoms with Gasteiger partial charge in [-0.2, -0.15) is 8.78 Å². The molecule has 0 amide bonds. The van der Waals surface area contributed by atoms with Crippen molar-refractivity contribution in [3.8, 4) is 17.3 Å². The van der Waals surface area contributed by atoms with E-state index in [1.165, 1.54) is 6.20 Å². The number of rotatable bonds is 5. The van der Waals surface area contributed by atoms with Crippen LogP contribution in [0.1, 0.15) is 23.6 Å². The van der Waals surface area contributed by atoms with Gasteiger partial charge in [0.05, 0.1) is 11.3 Å². The van der Waals surface area contributed by atoms with Crippen molar-refractivity contribution < 1.29 is 17.9 Å². The maximum atomic E-state index is 12.4. The van der Waals surface area contributed by atoms with Crippen LogP contribution in [-0.4, -0.2) is 20.2 Å². The number of pyridine rings is 2. The SMILES string of the molecule is Cc1ccnc(OCc2ccc(-c3nnc(C(F)F)o3)cn2)c1. The molecule has 0 saturated carbocycles. The van der Waals surface area contributed by atoms with Crippen LogP contribution >= 0.6 is 0 Å².